The van der Waals surface area contributed by atoms with Crippen LogP contribution in [-0.2, 0) is 6.42 Å². The van der Waals surface area contributed by atoms with Crippen molar-refractivity contribution in [2.24, 2.45) is 5.73 Å². The summed E-state index contributed by atoms with van der Waals surface area (Å²) in [5, 5.41) is 1.18. The minimum atomic E-state index is 0.753. The Kier molecular flexibility index (Phi) is 2.55. The topological polar surface area (TPSA) is 39.2 Å². The van der Waals surface area contributed by atoms with Crippen LogP contribution in [0.4, 0.5) is 0 Å². The first-order valence-corrected chi connectivity index (χ1v) is 4.98. The van der Waals surface area contributed by atoms with Gasteiger partial charge in [0, 0.05) is 5.39 Å². The van der Waals surface area contributed by atoms with E-state index in [1.165, 1.54) is 16.5 Å². The van der Waals surface area contributed by atoms with Crippen molar-refractivity contribution in [2.75, 3.05) is 6.54 Å². The summed E-state index contributed by atoms with van der Waals surface area (Å²) in [7, 11) is 0. The van der Waals surface area contributed by atoms with Crippen LogP contribution in [0.15, 0.2) is 28.9 Å². The van der Waals surface area contributed by atoms with E-state index in [9.17, 15) is 0 Å². The van der Waals surface area contributed by atoms with E-state index in [2.05, 4.69) is 19.1 Å². The molecule has 0 atom stereocenters. The van der Waals surface area contributed by atoms with Crippen LogP contribution in [0.25, 0.3) is 11.0 Å². The standard InChI is InChI=1S/C12H15NO/c1-9-7-12-11(4-6-14-12)8-10(9)3-2-5-13/h4,6-8H,2-3,5,13H2,1H3. The summed E-state index contributed by atoms with van der Waals surface area (Å²) in [5.41, 5.74) is 9.14. The minimum absolute atomic E-state index is 0.753. The monoisotopic (exact) mass is 189 g/mol. The van der Waals surface area contributed by atoms with Crippen molar-refractivity contribution < 1.29 is 4.42 Å². The SMILES string of the molecule is Cc1cc2occc2cc1CCCN. The zero-order valence-electron chi connectivity index (χ0n) is 8.42. The van der Waals surface area contributed by atoms with E-state index >= 15 is 0 Å². The second kappa shape index (κ2) is 3.84. The maximum absolute atomic E-state index is 5.50. The molecule has 0 saturated carbocycles. The fourth-order valence-electron chi connectivity index (χ4n) is 1.72. The molecule has 0 amide bonds. The smallest absolute Gasteiger partial charge is 0.134 e. The fourth-order valence-corrected chi connectivity index (χ4v) is 1.72. The quantitative estimate of drug-likeness (QED) is 0.806. The molecular weight excluding hydrogens is 174 g/mol. The molecule has 0 aliphatic rings. The molecule has 14 heavy (non-hydrogen) atoms. The number of hydrogen-bond acceptors (Lipinski definition) is 2. The lowest BCUT2D eigenvalue weighted by atomic mass is 10.0. The van der Waals surface area contributed by atoms with E-state index in [0.717, 1.165) is 25.0 Å². The lowest BCUT2D eigenvalue weighted by Gasteiger charge is -2.04. The lowest BCUT2D eigenvalue weighted by Crippen LogP contribution is -2.01. The average molecular weight is 189 g/mol. The molecular formula is C12H15NO. The molecule has 0 aliphatic heterocycles. The maximum Gasteiger partial charge on any atom is 0.134 e. The summed E-state index contributed by atoms with van der Waals surface area (Å²) in [4.78, 5) is 0. The van der Waals surface area contributed by atoms with Gasteiger partial charge in [-0.25, -0.2) is 0 Å². The van der Waals surface area contributed by atoms with Crippen molar-refractivity contribution >= 4 is 11.0 Å². The van der Waals surface area contributed by atoms with Gasteiger partial charge in [0.2, 0.25) is 0 Å². The molecule has 74 valence electrons. The van der Waals surface area contributed by atoms with Gasteiger partial charge in [0.15, 0.2) is 0 Å². The molecule has 2 nitrogen and oxygen atoms in total. The van der Waals surface area contributed by atoms with Gasteiger partial charge in [0.05, 0.1) is 6.26 Å². The highest BCUT2D eigenvalue weighted by Crippen LogP contribution is 2.21. The summed E-state index contributed by atoms with van der Waals surface area (Å²) in [6.45, 7) is 2.87. The molecule has 0 aliphatic carbocycles. The molecule has 2 rings (SSSR count). The summed E-state index contributed by atoms with van der Waals surface area (Å²) >= 11 is 0. The fraction of sp³-hybridized carbons (Fsp3) is 0.333. The first kappa shape index (κ1) is 9.28. The Morgan fingerprint density at radius 3 is 3.00 bits per heavy atom. The van der Waals surface area contributed by atoms with E-state index in [-0.39, 0.29) is 0 Å². The van der Waals surface area contributed by atoms with Crippen molar-refractivity contribution in [1.29, 1.82) is 0 Å². The van der Waals surface area contributed by atoms with Crippen LogP contribution in [-0.4, -0.2) is 6.54 Å². The summed E-state index contributed by atoms with van der Waals surface area (Å²) in [6, 6.07) is 6.30. The van der Waals surface area contributed by atoms with Gasteiger partial charge in [0.1, 0.15) is 5.58 Å². The van der Waals surface area contributed by atoms with Gasteiger partial charge in [-0.3, -0.25) is 0 Å². The average Bonchev–Trinajstić information content (AvgIpc) is 2.61. The number of rotatable bonds is 3. The van der Waals surface area contributed by atoms with Gasteiger partial charge in [-0.15, -0.1) is 0 Å². The highest BCUT2D eigenvalue weighted by atomic mass is 16.3. The number of furan rings is 1. The van der Waals surface area contributed by atoms with E-state index < -0.39 is 0 Å². The molecule has 1 aromatic heterocycles. The minimum Gasteiger partial charge on any atom is -0.464 e. The summed E-state index contributed by atoms with van der Waals surface area (Å²) in [6.07, 6.45) is 3.84. The third-order valence-corrected chi connectivity index (χ3v) is 2.56. The first-order valence-electron chi connectivity index (χ1n) is 4.98. The van der Waals surface area contributed by atoms with Gasteiger partial charge in [-0.1, -0.05) is 0 Å². The third kappa shape index (κ3) is 1.66. The number of hydrogen-bond donors (Lipinski definition) is 1. The maximum atomic E-state index is 5.50. The molecule has 0 radical (unpaired) electrons. The van der Waals surface area contributed by atoms with Crippen LogP contribution in [0.3, 0.4) is 0 Å². The molecule has 1 heterocycles. The van der Waals surface area contributed by atoms with Crippen molar-refractivity contribution in [3.8, 4) is 0 Å². The Balaban J connectivity index is 2.38. The molecule has 0 spiro atoms. The molecule has 0 fully saturated rings. The van der Waals surface area contributed by atoms with Crippen LogP contribution in [0.2, 0.25) is 0 Å². The van der Waals surface area contributed by atoms with Gasteiger partial charge < -0.3 is 10.2 Å². The van der Waals surface area contributed by atoms with E-state index in [4.69, 9.17) is 10.2 Å². The molecule has 0 bridgehead atoms. The number of benzene rings is 1. The van der Waals surface area contributed by atoms with Gasteiger partial charge >= 0.3 is 0 Å². The van der Waals surface area contributed by atoms with Crippen molar-refractivity contribution in [2.45, 2.75) is 19.8 Å². The van der Waals surface area contributed by atoms with Crippen molar-refractivity contribution in [3.63, 3.8) is 0 Å². The van der Waals surface area contributed by atoms with Crippen LogP contribution < -0.4 is 5.73 Å². The first-order chi connectivity index (χ1) is 6.81. The second-order valence-electron chi connectivity index (χ2n) is 3.63. The summed E-state index contributed by atoms with van der Waals surface area (Å²) < 4.78 is 5.33. The van der Waals surface area contributed by atoms with E-state index in [0.29, 0.717) is 0 Å². The van der Waals surface area contributed by atoms with Gasteiger partial charge in [-0.05, 0) is 55.6 Å². The summed E-state index contributed by atoms with van der Waals surface area (Å²) in [5.74, 6) is 0. The number of nitrogens with two attached hydrogens (primary N) is 1. The zero-order chi connectivity index (χ0) is 9.97. The van der Waals surface area contributed by atoms with Crippen LogP contribution in [0.1, 0.15) is 17.5 Å². The van der Waals surface area contributed by atoms with E-state index in [1.54, 1.807) is 6.26 Å². The zero-order valence-corrected chi connectivity index (χ0v) is 8.42. The Hall–Kier alpha value is -1.28. The highest BCUT2D eigenvalue weighted by Gasteiger charge is 2.02. The number of fused-ring (bicyclic) bond motifs is 1. The Bertz CT molecular complexity index is 431. The molecule has 2 heteroatoms. The van der Waals surface area contributed by atoms with Gasteiger partial charge in [0.25, 0.3) is 0 Å². The molecule has 2 aromatic rings. The lowest BCUT2D eigenvalue weighted by molar-refractivity contribution is 0.615. The largest absolute Gasteiger partial charge is 0.464 e. The van der Waals surface area contributed by atoms with Crippen molar-refractivity contribution in [3.05, 3.63) is 35.6 Å². The van der Waals surface area contributed by atoms with Crippen LogP contribution in [0.5, 0.6) is 0 Å². The number of aryl methyl sites for hydroxylation is 2. The molecule has 2 N–H and O–H groups in total. The Labute approximate surface area is 83.7 Å². The van der Waals surface area contributed by atoms with Crippen LogP contribution in [0, 0.1) is 6.92 Å². The van der Waals surface area contributed by atoms with Crippen LogP contribution >= 0.6 is 0 Å². The van der Waals surface area contributed by atoms with E-state index in [1.807, 2.05) is 6.07 Å². The highest BCUT2D eigenvalue weighted by molar-refractivity contribution is 5.78. The predicted molar refractivity (Wildman–Crippen MR) is 58.3 cm³/mol. The predicted octanol–water partition coefficient (Wildman–Crippen LogP) is 2.63. The molecule has 0 unspecified atom stereocenters. The Morgan fingerprint density at radius 2 is 2.21 bits per heavy atom. The van der Waals surface area contributed by atoms with Gasteiger partial charge in [-0.2, -0.15) is 0 Å². The van der Waals surface area contributed by atoms with Crippen molar-refractivity contribution in [1.82, 2.24) is 0 Å². The normalized spacial score (nSPS) is 11.0. The second-order valence-corrected chi connectivity index (χ2v) is 3.63. The molecule has 1 aromatic carbocycles. The Morgan fingerprint density at radius 1 is 1.36 bits per heavy atom. The molecule has 0 saturated heterocycles. The third-order valence-electron chi connectivity index (χ3n) is 2.56.